The second kappa shape index (κ2) is 6.55. The van der Waals surface area contributed by atoms with Crippen LogP contribution in [0.1, 0.15) is 10.4 Å². The molecule has 2 rings (SSSR count). The number of benzene rings is 1. The Morgan fingerprint density at radius 1 is 1.35 bits per heavy atom. The van der Waals surface area contributed by atoms with Crippen molar-refractivity contribution in [3.05, 3.63) is 49.6 Å². The van der Waals surface area contributed by atoms with E-state index in [0.717, 1.165) is 10.4 Å². The molecule has 0 saturated carbocycles. The van der Waals surface area contributed by atoms with E-state index in [9.17, 15) is 8.42 Å². The standard InChI is InChI=1S/C12H12BrClN2O2S2/c13-12-11(5-10(6-15)19-12)20(17,18)16-7-8-2-1-3-9(14)4-8/h1-5,16H,6-7,15H2. The topological polar surface area (TPSA) is 72.2 Å². The number of hydrogen-bond donors (Lipinski definition) is 2. The quantitative estimate of drug-likeness (QED) is 0.817. The van der Waals surface area contributed by atoms with Crippen molar-refractivity contribution in [3.8, 4) is 0 Å². The molecular formula is C12H12BrClN2O2S2. The van der Waals surface area contributed by atoms with E-state index in [1.807, 2.05) is 6.07 Å². The van der Waals surface area contributed by atoms with Crippen molar-refractivity contribution in [2.24, 2.45) is 5.73 Å². The van der Waals surface area contributed by atoms with E-state index in [1.165, 1.54) is 11.3 Å². The van der Waals surface area contributed by atoms with Crippen molar-refractivity contribution in [2.45, 2.75) is 18.0 Å². The molecule has 1 aromatic heterocycles. The molecule has 3 N–H and O–H groups in total. The van der Waals surface area contributed by atoms with Gasteiger partial charge in [-0.1, -0.05) is 23.7 Å². The molecule has 0 radical (unpaired) electrons. The third-order valence-corrected chi connectivity index (χ3v) is 6.46. The minimum absolute atomic E-state index is 0.184. The fraction of sp³-hybridized carbons (Fsp3) is 0.167. The second-order valence-corrected chi connectivity index (χ2v) is 8.64. The van der Waals surface area contributed by atoms with Crippen LogP contribution >= 0.6 is 38.9 Å². The highest BCUT2D eigenvalue weighted by molar-refractivity contribution is 9.11. The lowest BCUT2D eigenvalue weighted by molar-refractivity contribution is 0.581. The molecule has 4 nitrogen and oxygen atoms in total. The van der Waals surface area contributed by atoms with Crippen molar-refractivity contribution in [2.75, 3.05) is 0 Å². The van der Waals surface area contributed by atoms with Gasteiger partial charge in [0.25, 0.3) is 0 Å². The highest BCUT2D eigenvalue weighted by Crippen LogP contribution is 2.31. The van der Waals surface area contributed by atoms with E-state index < -0.39 is 10.0 Å². The SMILES string of the molecule is NCc1cc(S(=O)(=O)NCc2cccc(Cl)c2)c(Br)s1. The molecule has 20 heavy (non-hydrogen) atoms. The molecule has 0 unspecified atom stereocenters. The van der Waals surface area contributed by atoms with Crippen molar-refractivity contribution in [3.63, 3.8) is 0 Å². The largest absolute Gasteiger partial charge is 0.326 e. The van der Waals surface area contributed by atoms with E-state index in [2.05, 4.69) is 20.7 Å². The summed E-state index contributed by atoms with van der Waals surface area (Å²) in [4.78, 5) is 1.02. The lowest BCUT2D eigenvalue weighted by Gasteiger charge is -2.06. The van der Waals surface area contributed by atoms with E-state index in [-0.39, 0.29) is 11.4 Å². The Morgan fingerprint density at radius 2 is 2.10 bits per heavy atom. The van der Waals surface area contributed by atoms with Gasteiger partial charge >= 0.3 is 0 Å². The van der Waals surface area contributed by atoms with Crippen LogP contribution in [0.3, 0.4) is 0 Å². The van der Waals surface area contributed by atoms with Crippen molar-refractivity contribution in [1.29, 1.82) is 0 Å². The van der Waals surface area contributed by atoms with Crippen LogP contribution < -0.4 is 10.5 Å². The molecule has 0 aliphatic carbocycles. The Hall–Kier alpha value is -0.440. The molecule has 0 atom stereocenters. The summed E-state index contributed by atoms with van der Waals surface area (Å²) in [6.07, 6.45) is 0. The van der Waals surface area contributed by atoms with E-state index in [0.29, 0.717) is 15.4 Å². The maximum atomic E-state index is 12.2. The van der Waals surface area contributed by atoms with Crippen molar-refractivity contribution < 1.29 is 8.42 Å². The highest BCUT2D eigenvalue weighted by Gasteiger charge is 2.20. The van der Waals surface area contributed by atoms with Crippen LogP contribution in [-0.2, 0) is 23.1 Å². The van der Waals surface area contributed by atoms with Crippen LogP contribution in [0.15, 0.2) is 39.0 Å². The minimum atomic E-state index is -3.58. The third-order valence-electron chi connectivity index (χ3n) is 2.55. The summed E-state index contributed by atoms with van der Waals surface area (Å²) >= 11 is 10.4. The van der Waals surface area contributed by atoms with Crippen molar-refractivity contribution in [1.82, 2.24) is 4.72 Å². The number of hydrogen-bond acceptors (Lipinski definition) is 4. The summed E-state index contributed by atoms with van der Waals surface area (Å²) in [6, 6.07) is 8.62. The Bertz CT molecular complexity index is 716. The van der Waals surface area contributed by atoms with Crippen LogP contribution in [0.25, 0.3) is 0 Å². The predicted molar refractivity (Wildman–Crippen MR) is 85.4 cm³/mol. The van der Waals surface area contributed by atoms with Gasteiger partial charge in [-0.15, -0.1) is 11.3 Å². The number of thiophene rings is 1. The lowest BCUT2D eigenvalue weighted by Crippen LogP contribution is -2.23. The van der Waals surface area contributed by atoms with Crippen LogP contribution in [0.5, 0.6) is 0 Å². The minimum Gasteiger partial charge on any atom is -0.326 e. The summed E-state index contributed by atoms with van der Waals surface area (Å²) in [5.74, 6) is 0. The first-order chi connectivity index (χ1) is 9.42. The Kier molecular flexibility index (Phi) is 5.22. The first-order valence-electron chi connectivity index (χ1n) is 5.65. The Balaban J connectivity index is 2.17. The summed E-state index contributed by atoms with van der Waals surface area (Å²) in [7, 11) is -3.58. The maximum Gasteiger partial charge on any atom is 0.242 e. The zero-order valence-electron chi connectivity index (χ0n) is 10.3. The molecule has 0 aliphatic heterocycles. The van der Waals surface area contributed by atoms with Crippen LogP contribution in [-0.4, -0.2) is 8.42 Å². The second-order valence-electron chi connectivity index (χ2n) is 4.01. The fourth-order valence-electron chi connectivity index (χ4n) is 1.58. The monoisotopic (exact) mass is 394 g/mol. The van der Waals surface area contributed by atoms with Gasteiger partial charge in [-0.2, -0.15) is 0 Å². The van der Waals surface area contributed by atoms with Gasteiger partial charge in [-0.05, 0) is 39.7 Å². The van der Waals surface area contributed by atoms with Gasteiger partial charge in [-0.25, -0.2) is 13.1 Å². The number of rotatable bonds is 5. The zero-order chi connectivity index (χ0) is 14.8. The van der Waals surface area contributed by atoms with E-state index in [4.69, 9.17) is 17.3 Å². The molecule has 0 bridgehead atoms. The van der Waals surface area contributed by atoms with Crippen LogP contribution in [0, 0.1) is 0 Å². The number of halogens is 2. The molecule has 2 aromatic rings. The van der Waals surface area contributed by atoms with E-state index in [1.54, 1.807) is 24.3 Å². The normalized spacial score (nSPS) is 11.8. The van der Waals surface area contributed by atoms with Crippen LogP contribution in [0.2, 0.25) is 5.02 Å². The molecule has 1 aromatic carbocycles. The van der Waals surface area contributed by atoms with Gasteiger partial charge in [-0.3, -0.25) is 0 Å². The first-order valence-corrected chi connectivity index (χ1v) is 9.12. The number of sulfonamides is 1. The fourth-order valence-corrected chi connectivity index (χ4v) is 5.37. The molecule has 0 spiro atoms. The molecule has 8 heteroatoms. The van der Waals surface area contributed by atoms with Crippen molar-refractivity contribution >= 4 is 48.9 Å². The van der Waals surface area contributed by atoms with Gasteiger partial charge < -0.3 is 5.73 Å². The third kappa shape index (κ3) is 3.81. The van der Waals surface area contributed by atoms with Gasteiger partial charge in [0, 0.05) is 23.0 Å². The average molecular weight is 396 g/mol. The molecular weight excluding hydrogens is 384 g/mol. The summed E-state index contributed by atoms with van der Waals surface area (Å²) in [6.45, 7) is 0.496. The van der Waals surface area contributed by atoms with Crippen LogP contribution in [0.4, 0.5) is 0 Å². The molecule has 0 fully saturated rings. The predicted octanol–water partition coefficient (Wildman–Crippen LogP) is 3.10. The Labute approximate surface area is 135 Å². The van der Waals surface area contributed by atoms with Gasteiger partial charge in [0.2, 0.25) is 10.0 Å². The smallest absolute Gasteiger partial charge is 0.242 e. The zero-order valence-corrected chi connectivity index (χ0v) is 14.2. The molecule has 1 heterocycles. The molecule has 0 saturated heterocycles. The number of nitrogens with two attached hydrogens (primary N) is 1. The van der Waals surface area contributed by atoms with E-state index >= 15 is 0 Å². The molecule has 108 valence electrons. The van der Waals surface area contributed by atoms with Gasteiger partial charge in [0.15, 0.2) is 0 Å². The van der Waals surface area contributed by atoms with Gasteiger partial charge in [0.05, 0.1) is 3.79 Å². The first kappa shape index (κ1) is 15.9. The highest BCUT2D eigenvalue weighted by atomic mass is 79.9. The maximum absolute atomic E-state index is 12.2. The Morgan fingerprint density at radius 3 is 2.70 bits per heavy atom. The molecule has 0 amide bonds. The molecule has 0 aliphatic rings. The number of nitrogens with one attached hydrogen (secondary N) is 1. The van der Waals surface area contributed by atoms with Gasteiger partial charge in [0.1, 0.15) is 4.90 Å². The summed E-state index contributed by atoms with van der Waals surface area (Å²) in [5.41, 5.74) is 6.31. The summed E-state index contributed by atoms with van der Waals surface area (Å²) in [5, 5.41) is 0.573. The lowest BCUT2D eigenvalue weighted by atomic mass is 10.2. The average Bonchev–Trinajstić information content (AvgIpc) is 2.79. The summed E-state index contributed by atoms with van der Waals surface area (Å²) < 4.78 is 27.6.